The Morgan fingerprint density at radius 1 is 1.11 bits per heavy atom. The lowest BCUT2D eigenvalue weighted by Crippen LogP contribution is -2.29. The number of aryl methyl sites for hydroxylation is 1. The van der Waals surface area contributed by atoms with Crippen LogP contribution in [0.3, 0.4) is 0 Å². The first kappa shape index (κ1) is 18.0. The number of ketones is 1. The third-order valence-corrected chi connectivity index (χ3v) is 4.07. The Kier molecular flexibility index (Phi) is 5.08. The summed E-state index contributed by atoms with van der Waals surface area (Å²) in [6, 6.07) is 18.1. The number of nitrogens with zero attached hydrogens (tertiary/aromatic N) is 4. The summed E-state index contributed by atoms with van der Waals surface area (Å²) in [4.78, 5) is 25.2. The molecular formula is C20H17N5O2. The van der Waals surface area contributed by atoms with E-state index in [4.69, 9.17) is 0 Å². The van der Waals surface area contributed by atoms with Gasteiger partial charge < -0.3 is 5.32 Å². The van der Waals surface area contributed by atoms with Crippen LogP contribution in [0.5, 0.6) is 0 Å². The second kappa shape index (κ2) is 7.62. The third kappa shape index (κ3) is 3.75. The van der Waals surface area contributed by atoms with Crippen molar-refractivity contribution in [2.45, 2.75) is 13.8 Å². The molecule has 1 heterocycles. The van der Waals surface area contributed by atoms with E-state index in [1.54, 1.807) is 31.2 Å². The summed E-state index contributed by atoms with van der Waals surface area (Å²) in [6.45, 7) is 3.56. The summed E-state index contributed by atoms with van der Waals surface area (Å²) < 4.78 is 1.50. The highest BCUT2D eigenvalue weighted by molar-refractivity contribution is 6.15. The molecule has 134 valence electrons. The monoisotopic (exact) mass is 359 g/mol. The second-order valence-electron chi connectivity index (χ2n) is 6.06. The molecule has 3 rings (SSSR count). The molecule has 0 radical (unpaired) electrons. The summed E-state index contributed by atoms with van der Waals surface area (Å²) in [5, 5.41) is 19.9. The molecule has 1 amide bonds. The van der Waals surface area contributed by atoms with Crippen LogP contribution in [0.2, 0.25) is 0 Å². The maximum Gasteiger partial charge on any atom is 0.249 e. The van der Waals surface area contributed by atoms with Gasteiger partial charge in [0.05, 0.1) is 17.5 Å². The quantitative estimate of drug-likeness (QED) is 0.558. The zero-order valence-electron chi connectivity index (χ0n) is 14.9. The number of hydrogen-bond acceptors (Lipinski definition) is 5. The van der Waals surface area contributed by atoms with Crippen molar-refractivity contribution in [3.8, 4) is 11.8 Å². The fourth-order valence-electron chi connectivity index (χ4n) is 2.68. The van der Waals surface area contributed by atoms with E-state index in [0.29, 0.717) is 11.4 Å². The Balaban J connectivity index is 1.84. The molecule has 0 spiro atoms. The van der Waals surface area contributed by atoms with Crippen LogP contribution in [0.1, 0.15) is 21.7 Å². The fourth-order valence-corrected chi connectivity index (χ4v) is 2.68. The molecule has 0 fully saturated rings. The molecule has 0 saturated carbocycles. The standard InChI is InChI=1S/C20H17N5O2/c1-13-7-6-8-15(11-13)22-20(27)17(12-21)19(26)18-14(2)25(24-23-18)16-9-4-3-5-10-16/h3-11,17H,1-2H3,(H,22,27). The molecule has 0 aliphatic heterocycles. The maximum atomic E-state index is 12.7. The first-order valence-corrected chi connectivity index (χ1v) is 8.30. The number of benzene rings is 2. The normalized spacial score (nSPS) is 11.4. The van der Waals surface area contributed by atoms with E-state index in [1.165, 1.54) is 4.68 Å². The third-order valence-electron chi connectivity index (χ3n) is 4.07. The van der Waals surface area contributed by atoms with Gasteiger partial charge >= 0.3 is 0 Å². The van der Waals surface area contributed by atoms with E-state index in [-0.39, 0.29) is 5.69 Å². The van der Waals surface area contributed by atoms with Crippen LogP contribution in [0.4, 0.5) is 5.69 Å². The van der Waals surface area contributed by atoms with E-state index in [1.807, 2.05) is 43.3 Å². The number of hydrogen-bond donors (Lipinski definition) is 1. The first-order chi connectivity index (χ1) is 13.0. The van der Waals surface area contributed by atoms with Crippen molar-refractivity contribution in [2.24, 2.45) is 5.92 Å². The van der Waals surface area contributed by atoms with Crippen molar-refractivity contribution in [3.05, 3.63) is 71.5 Å². The van der Waals surface area contributed by atoms with Crippen molar-refractivity contribution in [2.75, 3.05) is 5.32 Å². The van der Waals surface area contributed by atoms with Gasteiger partial charge in [-0.15, -0.1) is 5.10 Å². The fraction of sp³-hybridized carbons (Fsp3) is 0.150. The Hall–Kier alpha value is -3.79. The number of anilines is 1. The number of nitrogens with one attached hydrogen (secondary N) is 1. The second-order valence-corrected chi connectivity index (χ2v) is 6.06. The topological polar surface area (TPSA) is 101 Å². The number of amides is 1. The van der Waals surface area contributed by atoms with Crippen molar-refractivity contribution >= 4 is 17.4 Å². The smallest absolute Gasteiger partial charge is 0.249 e. The van der Waals surface area contributed by atoms with Gasteiger partial charge in [0.1, 0.15) is 0 Å². The molecule has 3 aromatic rings. The molecule has 0 aliphatic carbocycles. The Morgan fingerprint density at radius 3 is 2.52 bits per heavy atom. The van der Waals surface area contributed by atoms with Gasteiger partial charge in [-0.1, -0.05) is 35.5 Å². The molecule has 1 unspecified atom stereocenters. The lowest BCUT2D eigenvalue weighted by atomic mass is 10.0. The van der Waals surface area contributed by atoms with Gasteiger partial charge in [-0.25, -0.2) is 4.68 Å². The van der Waals surface area contributed by atoms with E-state index in [2.05, 4.69) is 15.6 Å². The molecule has 1 aromatic heterocycles. The summed E-state index contributed by atoms with van der Waals surface area (Å²) in [5.41, 5.74) is 2.69. The largest absolute Gasteiger partial charge is 0.325 e. The SMILES string of the molecule is Cc1cccc(NC(=O)C(C#N)C(=O)c2nnn(-c3ccccc3)c2C)c1. The lowest BCUT2D eigenvalue weighted by molar-refractivity contribution is -0.117. The lowest BCUT2D eigenvalue weighted by Gasteiger charge is -2.09. The van der Waals surface area contributed by atoms with Gasteiger partial charge in [0.15, 0.2) is 11.6 Å². The highest BCUT2D eigenvalue weighted by atomic mass is 16.2. The molecule has 0 aliphatic rings. The van der Waals surface area contributed by atoms with E-state index in [0.717, 1.165) is 11.3 Å². The molecular weight excluding hydrogens is 342 g/mol. The maximum absolute atomic E-state index is 12.7. The molecule has 1 N–H and O–H groups in total. The molecule has 0 bridgehead atoms. The van der Waals surface area contributed by atoms with Crippen LogP contribution in [-0.4, -0.2) is 26.7 Å². The van der Waals surface area contributed by atoms with Gasteiger partial charge in [-0.2, -0.15) is 5.26 Å². The van der Waals surface area contributed by atoms with Crippen LogP contribution < -0.4 is 5.32 Å². The zero-order valence-corrected chi connectivity index (χ0v) is 14.9. The molecule has 7 nitrogen and oxygen atoms in total. The summed E-state index contributed by atoms with van der Waals surface area (Å²) in [7, 11) is 0. The number of nitriles is 1. The van der Waals surface area contributed by atoms with Crippen LogP contribution in [0.15, 0.2) is 54.6 Å². The minimum absolute atomic E-state index is 0.00444. The summed E-state index contributed by atoms with van der Waals surface area (Å²) in [5.74, 6) is -2.88. The van der Waals surface area contributed by atoms with Crippen LogP contribution in [-0.2, 0) is 4.79 Å². The van der Waals surface area contributed by atoms with Crippen LogP contribution in [0, 0.1) is 31.1 Å². The Labute approximate surface area is 156 Å². The zero-order chi connectivity index (χ0) is 19.4. The van der Waals surface area contributed by atoms with E-state index in [9.17, 15) is 14.9 Å². The van der Waals surface area contributed by atoms with E-state index < -0.39 is 17.6 Å². The average molecular weight is 359 g/mol. The Morgan fingerprint density at radius 2 is 1.85 bits per heavy atom. The number of carbonyl (C=O) groups is 2. The Bertz CT molecular complexity index is 1030. The van der Waals surface area contributed by atoms with Crippen molar-refractivity contribution in [3.63, 3.8) is 0 Å². The number of para-hydroxylation sites is 1. The summed E-state index contributed by atoms with van der Waals surface area (Å²) >= 11 is 0. The van der Waals surface area contributed by atoms with Crippen LogP contribution in [0.25, 0.3) is 5.69 Å². The first-order valence-electron chi connectivity index (χ1n) is 8.30. The predicted octanol–water partition coefficient (Wildman–Crippen LogP) is 2.85. The van der Waals surface area contributed by atoms with Gasteiger partial charge in [0.2, 0.25) is 11.7 Å². The number of Topliss-reactive ketones (excluding diaryl/α,β-unsaturated/α-hetero) is 1. The minimum Gasteiger partial charge on any atom is -0.325 e. The van der Waals surface area contributed by atoms with Gasteiger partial charge in [-0.3, -0.25) is 9.59 Å². The summed E-state index contributed by atoms with van der Waals surface area (Å²) in [6.07, 6.45) is 0. The molecule has 7 heteroatoms. The van der Waals surface area contributed by atoms with Gasteiger partial charge in [0, 0.05) is 5.69 Å². The van der Waals surface area contributed by atoms with Crippen molar-refractivity contribution < 1.29 is 9.59 Å². The number of rotatable bonds is 5. The number of aromatic nitrogens is 3. The molecule has 27 heavy (non-hydrogen) atoms. The number of carbonyl (C=O) groups excluding carboxylic acids is 2. The van der Waals surface area contributed by atoms with Crippen molar-refractivity contribution in [1.29, 1.82) is 5.26 Å². The highest BCUT2D eigenvalue weighted by Crippen LogP contribution is 2.17. The predicted molar refractivity (Wildman–Crippen MR) is 99.3 cm³/mol. The van der Waals surface area contributed by atoms with Gasteiger partial charge in [-0.05, 0) is 43.7 Å². The molecule has 0 saturated heterocycles. The van der Waals surface area contributed by atoms with Gasteiger partial charge in [0.25, 0.3) is 0 Å². The highest BCUT2D eigenvalue weighted by Gasteiger charge is 2.31. The van der Waals surface area contributed by atoms with E-state index >= 15 is 0 Å². The molecule has 1 atom stereocenters. The minimum atomic E-state index is -1.51. The molecule has 2 aromatic carbocycles. The van der Waals surface area contributed by atoms with Crippen LogP contribution >= 0.6 is 0 Å². The van der Waals surface area contributed by atoms with Crippen molar-refractivity contribution in [1.82, 2.24) is 15.0 Å². The average Bonchev–Trinajstić information content (AvgIpc) is 3.04.